The Hall–Kier alpha value is -2.38. The van der Waals surface area contributed by atoms with E-state index < -0.39 is 32.5 Å². The first kappa shape index (κ1) is 26.2. The molecule has 0 unspecified atom stereocenters. The van der Waals surface area contributed by atoms with Crippen molar-refractivity contribution in [2.45, 2.75) is 60.5 Å². The van der Waals surface area contributed by atoms with Gasteiger partial charge in [0.1, 0.15) is 11.4 Å². The normalized spacial score (nSPS) is 20.5. The molecule has 2 aliphatic carbocycles. The summed E-state index contributed by atoms with van der Waals surface area (Å²) in [5.41, 5.74) is -0.326. The lowest BCUT2D eigenvalue weighted by Crippen LogP contribution is -2.33. The molecule has 4 rings (SSSR count). The molecule has 2 aromatic rings. The van der Waals surface area contributed by atoms with Gasteiger partial charge in [0.25, 0.3) is 0 Å². The van der Waals surface area contributed by atoms with Crippen LogP contribution in [-0.2, 0) is 21.2 Å². The van der Waals surface area contributed by atoms with Crippen LogP contribution in [0, 0.1) is 17.1 Å². The van der Waals surface area contributed by atoms with E-state index in [0.29, 0.717) is 42.7 Å². The minimum atomic E-state index is -3.50. The number of benzene rings is 2. The third kappa shape index (κ3) is 6.60. The molecule has 11 heteroatoms. The van der Waals surface area contributed by atoms with Gasteiger partial charge in [0, 0.05) is 10.6 Å². The Morgan fingerprint density at radius 1 is 1.24 bits per heavy atom. The second-order valence-corrected chi connectivity index (χ2v) is 11.2. The van der Waals surface area contributed by atoms with Crippen LogP contribution >= 0.6 is 23.2 Å². The summed E-state index contributed by atoms with van der Waals surface area (Å²) in [6.07, 6.45) is 1.45. The Balaban J connectivity index is 0.000000302. The number of nitrogens with one attached hydrogen (secondary N) is 1. The highest BCUT2D eigenvalue weighted by atomic mass is 35.5. The van der Waals surface area contributed by atoms with Gasteiger partial charge in [-0.3, -0.25) is 0 Å². The van der Waals surface area contributed by atoms with E-state index in [0.717, 1.165) is 0 Å². The van der Waals surface area contributed by atoms with Crippen molar-refractivity contribution in [3.8, 4) is 6.07 Å². The largest absolute Gasteiger partial charge is 0.465 e. The number of nitrogens with zero attached hydrogens (tertiary/aromatic N) is 1. The van der Waals surface area contributed by atoms with Gasteiger partial charge in [0.15, 0.2) is 9.84 Å². The van der Waals surface area contributed by atoms with Gasteiger partial charge >= 0.3 is 6.09 Å². The van der Waals surface area contributed by atoms with Crippen molar-refractivity contribution in [2.24, 2.45) is 0 Å². The van der Waals surface area contributed by atoms with E-state index in [-0.39, 0.29) is 22.6 Å². The predicted molar refractivity (Wildman–Crippen MR) is 125 cm³/mol. The van der Waals surface area contributed by atoms with E-state index in [4.69, 9.17) is 38.3 Å². The maximum Gasteiger partial charge on any atom is 0.405 e. The molecule has 182 valence electrons. The van der Waals surface area contributed by atoms with Crippen molar-refractivity contribution < 1.29 is 27.4 Å². The van der Waals surface area contributed by atoms with Crippen molar-refractivity contribution in [3.63, 3.8) is 0 Å². The Morgan fingerprint density at radius 3 is 2.50 bits per heavy atom. The third-order valence-electron chi connectivity index (χ3n) is 5.72. The van der Waals surface area contributed by atoms with Crippen molar-refractivity contribution in [1.29, 1.82) is 5.26 Å². The van der Waals surface area contributed by atoms with Gasteiger partial charge in [0.05, 0.1) is 33.9 Å². The molecule has 2 aliphatic rings. The molecule has 0 heterocycles. The smallest absolute Gasteiger partial charge is 0.405 e. The molecule has 0 bridgehead atoms. The van der Waals surface area contributed by atoms with Crippen LogP contribution in [-0.4, -0.2) is 36.5 Å². The number of halogens is 3. The van der Waals surface area contributed by atoms with Crippen LogP contribution in [0.25, 0.3) is 0 Å². The van der Waals surface area contributed by atoms with Gasteiger partial charge in [-0.25, -0.2) is 17.6 Å². The summed E-state index contributed by atoms with van der Waals surface area (Å²) in [4.78, 5) is 10.1. The maximum absolute atomic E-state index is 13.8. The molecule has 0 aromatic heterocycles. The van der Waals surface area contributed by atoms with E-state index in [1.165, 1.54) is 12.1 Å². The minimum absolute atomic E-state index is 0.0898. The molecule has 0 aliphatic heterocycles. The number of amides is 1. The molecule has 34 heavy (non-hydrogen) atoms. The standard InChI is InChI=1S/C18H17Cl2FO3S.C5H6N2O2/c19-13-6-5-12(17(21)9-13)11-24-14-7-8-15(10-14)25(22,23)18-4-2-1-3-16(18)20;6-3-5(1-2-5)7-4(8)9/h1-6,9,14-15H,7-8,10-11H2;7H,1-2H2,(H,8,9)/t14-,15-;/m1./s1. The van der Waals surface area contributed by atoms with E-state index in [2.05, 4.69) is 5.32 Å². The zero-order valence-corrected chi connectivity index (χ0v) is 20.3. The fraction of sp³-hybridized carbons (Fsp3) is 0.391. The SMILES string of the molecule is N#CC1(NC(=O)O)CC1.O=S(=O)(c1ccccc1Cl)[C@@H]1CC[C@@H](OCc2ccc(Cl)cc2F)C1. The molecule has 0 spiro atoms. The fourth-order valence-electron chi connectivity index (χ4n) is 3.63. The van der Waals surface area contributed by atoms with Crippen LogP contribution < -0.4 is 5.32 Å². The van der Waals surface area contributed by atoms with Crippen molar-refractivity contribution in [3.05, 3.63) is 63.9 Å². The lowest BCUT2D eigenvalue weighted by molar-refractivity contribution is 0.0442. The van der Waals surface area contributed by atoms with Gasteiger partial charge in [0.2, 0.25) is 0 Å². The monoisotopic (exact) mass is 528 g/mol. The van der Waals surface area contributed by atoms with Gasteiger partial charge in [-0.15, -0.1) is 0 Å². The summed E-state index contributed by atoms with van der Waals surface area (Å²) in [6, 6.07) is 12.7. The molecule has 2 atom stereocenters. The van der Waals surface area contributed by atoms with Crippen LogP contribution in [0.4, 0.5) is 9.18 Å². The Morgan fingerprint density at radius 2 is 1.94 bits per heavy atom. The first-order chi connectivity index (χ1) is 16.1. The number of rotatable bonds is 6. The highest BCUT2D eigenvalue weighted by Gasteiger charge is 2.44. The Labute approximate surface area is 207 Å². The summed E-state index contributed by atoms with van der Waals surface area (Å²) in [7, 11) is -3.50. The topological polar surface area (TPSA) is 116 Å². The average molecular weight is 529 g/mol. The summed E-state index contributed by atoms with van der Waals surface area (Å²) >= 11 is 11.8. The van der Waals surface area contributed by atoms with Crippen LogP contribution in [0.3, 0.4) is 0 Å². The number of nitriles is 1. The molecule has 0 radical (unpaired) electrons. The van der Waals surface area contributed by atoms with Gasteiger partial charge in [-0.1, -0.05) is 41.4 Å². The molecule has 2 saturated carbocycles. The maximum atomic E-state index is 13.8. The Kier molecular flexibility index (Phi) is 8.42. The number of ether oxygens (including phenoxy) is 1. The summed E-state index contributed by atoms with van der Waals surface area (Å²) in [5.74, 6) is -0.425. The average Bonchev–Trinajstić information content (AvgIpc) is 3.37. The zero-order chi connectivity index (χ0) is 24.9. The summed E-state index contributed by atoms with van der Waals surface area (Å²) in [6.45, 7) is 0.0898. The quantitative estimate of drug-likeness (QED) is 0.521. The zero-order valence-electron chi connectivity index (χ0n) is 18.0. The van der Waals surface area contributed by atoms with Gasteiger partial charge < -0.3 is 15.2 Å². The second-order valence-electron chi connectivity index (χ2n) is 8.20. The van der Waals surface area contributed by atoms with E-state index in [1.807, 2.05) is 6.07 Å². The second kappa shape index (κ2) is 10.9. The first-order valence-corrected chi connectivity index (χ1v) is 12.8. The molecule has 2 N–H and O–H groups in total. The third-order valence-corrected chi connectivity index (χ3v) is 8.67. The van der Waals surface area contributed by atoms with Gasteiger partial charge in [-0.05, 0) is 56.4 Å². The number of hydrogen-bond donors (Lipinski definition) is 2. The Bertz CT molecular complexity index is 1200. The molecule has 7 nitrogen and oxygen atoms in total. The molecular formula is C23H23Cl2FN2O5S. The number of sulfone groups is 1. The highest BCUT2D eigenvalue weighted by Crippen LogP contribution is 2.35. The number of carbonyl (C=O) groups is 1. The summed E-state index contributed by atoms with van der Waals surface area (Å²) < 4.78 is 45.0. The lowest BCUT2D eigenvalue weighted by atomic mass is 10.2. The van der Waals surface area contributed by atoms with E-state index >= 15 is 0 Å². The lowest BCUT2D eigenvalue weighted by Gasteiger charge is -2.15. The van der Waals surface area contributed by atoms with Crippen molar-refractivity contribution >= 4 is 39.1 Å². The van der Waals surface area contributed by atoms with Crippen LogP contribution in [0.15, 0.2) is 47.4 Å². The van der Waals surface area contributed by atoms with E-state index in [9.17, 15) is 17.6 Å². The van der Waals surface area contributed by atoms with Crippen molar-refractivity contribution in [2.75, 3.05) is 0 Å². The number of carboxylic acid groups (broad SMARTS) is 1. The first-order valence-electron chi connectivity index (χ1n) is 10.5. The highest BCUT2D eigenvalue weighted by molar-refractivity contribution is 7.92. The van der Waals surface area contributed by atoms with Crippen LogP contribution in [0.1, 0.15) is 37.7 Å². The minimum Gasteiger partial charge on any atom is -0.465 e. The predicted octanol–water partition coefficient (Wildman–Crippen LogP) is 5.35. The van der Waals surface area contributed by atoms with E-state index in [1.54, 1.807) is 30.3 Å². The molecule has 1 amide bonds. The van der Waals surface area contributed by atoms with Crippen molar-refractivity contribution in [1.82, 2.24) is 5.32 Å². The van der Waals surface area contributed by atoms with Gasteiger partial charge in [-0.2, -0.15) is 5.26 Å². The molecular weight excluding hydrogens is 506 g/mol. The fourth-order valence-corrected chi connectivity index (χ4v) is 6.13. The summed E-state index contributed by atoms with van der Waals surface area (Å²) in [5, 5.41) is 18.6. The molecule has 0 saturated heterocycles. The van der Waals surface area contributed by atoms with Crippen LogP contribution in [0.5, 0.6) is 0 Å². The van der Waals surface area contributed by atoms with Crippen LogP contribution in [0.2, 0.25) is 10.0 Å². The molecule has 2 fully saturated rings. The number of hydrogen-bond acceptors (Lipinski definition) is 5. The molecule has 2 aromatic carbocycles.